The zero-order chi connectivity index (χ0) is 16.7. The normalized spacial score (nSPS) is 13.9. The number of pyridine rings is 2. The van der Waals surface area contributed by atoms with Crippen molar-refractivity contribution in [3.63, 3.8) is 0 Å². The van der Waals surface area contributed by atoms with Gasteiger partial charge in [-0.2, -0.15) is 0 Å². The summed E-state index contributed by atoms with van der Waals surface area (Å²) in [5, 5.41) is 2.80. The van der Waals surface area contributed by atoms with Gasteiger partial charge in [-0.1, -0.05) is 6.07 Å². The summed E-state index contributed by atoms with van der Waals surface area (Å²) < 4.78 is 1.81. The van der Waals surface area contributed by atoms with E-state index in [9.17, 15) is 9.59 Å². The fourth-order valence-electron chi connectivity index (χ4n) is 2.83. The first kappa shape index (κ1) is 14.6. The summed E-state index contributed by atoms with van der Waals surface area (Å²) in [7, 11) is 1.84. The molecule has 1 aliphatic rings. The third kappa shape index (κ3) is 2.56. The second-order valence-electron chi connectivity index (χ2n) is 6.08. The molecule has 0 aliphatic heterocycles. The molecule has 3 aromatic heterocycles. The Morgan fingerprint density at radius 1 is 1.29 bits per heavy atom. The van der Waals surface area contributed by atoms with Crippen LogP contribution in [0, 0.1) is 0 Å². The van der Waals surface area contributed by atoms with Crippen molar-refractivity contribution in [3.8, 4) is 0 Å². The smallest absolute Gasteiger partial charge is 0.260 e. The van der Waals surface area contributed by atoms with E-state index in [0.717, 1.165) is 5.52 Å². The number of hydrogen-bond acceptors (Lipinski definition) is 4. The van der Waals surface area contributed by atoms with Gasteiger partial charge in [0.15, 0.2) is 6.29 Å². The monoisotopic (exact) mass is 320 g/mol. The maximum atomic E-state index is 12.6. The Kier molecular flexibility index (Phi) is 3.37. The highest BCUT2D eigenvalue weighted by molar-refractivity contribution is 6.11. The molecular weight excluding hydrogens is 304 g/mol. The number of aldehydes is 1. The van der Waals surface area contributed by atoms with Gasteiger partial charge in [-0.3, -0.25) is 9.59 Å². The number of anilines is 1. The van der Waals surface area contributed by atoms with Gasteiger partial charge in [0, 0.05) is 19.4 Å². The summed E-state index contributed by atoms with van der Waals surface area (Å²) >= 11 is 0. The number of nitrogens with zero attached hydrogens (tertiary/aromatic N) is 3. The summed E-state index contributed by atoms with van der Waals surface area (Å²) in [5.41, 5.74) is 3.24. The Bertz CT molecular complexity index is 940. The van der Waals surface area contributed by atoms with Gasteiger partial charge < -0.3 is 9.88 Å². The molecule has 3 aromatic rings. The predicted molar refractivity (Wildman–Crippen MR) is 90.3 cm³/mol. The van der Waals surface area contributed by atoms with Crippen molar-refractivity contribution < 1.29 is 9.59 Å². The number of amides is 1. The molecule has 0 radical (unpaired) electrons. The summed E-state index contributed by atoms with van der Waals surface area (Å²) in [6.07, 6.45) is 6.63. The third-order valence-electron chi connectivity index (χ3n) is 4.30. The first-order valence-corrected chi connectivity index (χ1v) is 7.84. The van der Waals surface area contributed by atoms with E-state index in [2.05, 4.69) is 15.3 Å². The van der Waals surface area contributed by atoms with Crippen LogP contribution in [0.15, 0.2) is 36.7 Å². The van der Waals surface area contributed by atoms with E-state index in [0.29, 0.717) is 34.8 Å². The number of fused-ring (bicyclic) bond motifs is 1. The quantitative estimate of drug-likeness (QED) is 0.750. The molecule has 1 amide bonds. The summed E-state index contributed by atoms with van der Waals surface area (Å²) in [6.45, 7) is 0. The lowest BCUT2D eigenvalue weighted by atomic mass is 10.2. The van der Waals surface area contributed by atoms with Crippen LogP contribution in [0.1, 0.15) is 45.2 Å². The highest BCUT2D eigenvalue weighted by Gasteiger charge is 2.23. The number of aromatic nitrogens is 3. The number of carbonyl (C=O) groups excluding carboxylic acids is 2. The van der Waals surface area contributed by atoms with Crippen molar-refractivity contribution in [2.24, 2.45) is 7.05 Å². The van der Waals surface area contributed by atoms with Crippen molar-refractivity contribution in [3.05, 3.63) is 53.5 Å². The standard InChI is InChI=1S/C18H16N4O2/c1-22-9-14(17-15(22)6-5-13(10-23)20-17)18(24)21-16-7-4-12(8-19-16)11-2-3-11/h4-11H,2-3H2,1H3,(H,19,21,24). The molecule has 0 spiro atoms. The average molecular weight is 320 g/mol. The molecule has 0 saturated heterocycles. The lowest BCUT2D eigenvalue weighted by molar-refractivity contribution is 0.102. The fourth-order valence-corrected chi connectivity index (χ4v) is 2.83. The second-order valence-corrected chi connectivity index (χ2v) is 6.08. The summed E-state index contributed by atoms with van der Waals surface area (Å²) in [5.74, 6) is 0.849. The van der Waals surface area contributed by atoms with E-state index in [1.807, 2.05) is 29.9 Å². The minimum absolute atomic E-state index is 0.289. The van der Waals surface area contributed by atoms with Crippen molar-refractivity contribution in [1.82, 2.24) is 14.5 Å². The minimum Gasteiger partial charge on any atom is -0.348 e. The van der Waals surface area contributed by atoms with Crippen molar-refractivity contribution >= 4 is 29.0 Å². The summed E-state index contributed by atoms with van der Waals surface area (Å²) in [6, 6.07) is 7.24. The molecule has 1 fully saturated rings. The van der Waals surface area contributed by atoms with Crippen molar-refractivity contribution in [2.45, 2.75) is 18.8 Å². The molecule has 4 rings (SSSR count). The van der Waals surface area contributed by atoms with Gasteiger partial charge in [-0.05, 0) is 42.5 Å². The number of aryl methyl sites for hydroxylation is 1. The average Bonchev–Trinajstić information content (AvgIpc) is 3.39. The van der Waals surface area contributed by atoms with Gasteiger partial charge in [0.25, 0.3) is 5.91 Å². The molecule has 1 aliphatic carbocycles. The number of nitrogens with one attached hydrogen (secondary N) is 1. The maximum absolute atomic E-state index is 12.6. The lowest BCUT2D eigenvalue weighted by Crippen LogP contribution is -2.13. The SMILES string of the molecule is Cn1cc(C(=O)Nc2ccc(C3CC3)cn2)c2nc(C=O)ccc21. The summed E-state index contributed by atoms with van der Waals surface area (Å²) in [4.78, 5) is 32.1. The van der Waals surface area contributed by atoms with Crippen LogP contribution >= 0.6 is 0 Å². The van der Waals surface area contributed by atoms with Gasteiger partial charge >= 0.3 is 0 Å². The van der Waals surface area contributed by atoms with E-state index < -0.39 is 0 Å². The largest absolute Gasteiger partial charge is 0.348 e. The Morgan fingerprint density at radius 2 is 2.12 bits per heavy atom. The van der Waals surface area contributed by atoms with Crippen molar-refractivity contribution in [2.75, 3.05) is 5.32 Å². The minimum atomic E-state index is -0.289. The molecule has 0 bridgehead atoms. The highest BCUT2D eigenvalue weighted by Crippen LogP contribution is 2.39. The van der Waals surface area contributed by atoms with Crippen LogP contribution in [-0.2, 0) is 7.05 Å². The maximum Gasteiger partial charge on any atom is 0.260 e. The molecule has 24 heavy (non-hydrogen) atoms. The van der Waals surface area contributed by atoms with Gasteiger partial charge in [-0.15, -0.1) is 0 Å². The van der Waals surface area contributed by atoms with Crippen LogP contribution in [0.2, 0.25) is 0 Å². The van der Waals surface area contributed by atoms with E-state index in [1.54, 1.807) is 18.3 Å². The van der Waals surface area contributed by atoms with Crippen LogP contribution in [0.3, 0.4) is 0 Å². The highest BCUT2D eigenvalue weighted by atomic mass is 16.1. The lowest BCUT2D eigenvalue weighted by Gasteiger charge is -2.04. The molecule has 120 valence electrons. The van der Waals surface area contributed by atoms with Crippen LogP contribution in [0.4, 0.5) is 5.82 Å². The number of hydrogen-bond donors (Lipinski definition) is 1. The fraction of sp³-hybridized carbons (Fsp3) is 0.222. The van der Waals surface area contributed by atoms with Gasteiger partial charge in [0.2, 0.25) is 0 Å². The second kappa shape index (κ2) is 5.56. The Hall–Kier alpha value is -3.02. The van der Waals surface area contributed by atoms with Crippen LogP contribution in [0.25, 0.3) is 11.0 Å². The topological polar surface area (TPSA) is 76.9 Å². The zero-order valence-corrected chi connectivity index (χ0v) is 13.2. The van der Waals surface area contributed by atoms with E-state index in [1.165, 1.54) is 18.4 Å². The zero-order valence-electron chi connectivity index (χ0n) is 13.2. The molecule has 1 saturated carbocycles. The third-order valence-corrected chi connectivity index (χ3v) is 4.30. The molecule has 6 nitrogen and oxygen atoms in total. The molecule has 3 heterocycles. The van der Waals surface area contributed by atoms with E-state index >= 15 is 0 Å². The first-order valence-electron chi connectivity index (χ1n) is 7.84. The van der Waals surface area contributed by atoms with Gasteiger partial charge in [-0.25, -0.2) is 9.97 Å². The first-order chi connectivity index (χ1) is 11.7. The Morgan fingerprint density at radius 3 is 2.79 bits per heavy atom. The molecule has 1 N–H and O–H groups in total. The predicted octanol–water partition coefficient (Wildman–Crippen LogP) is 2.91. The van der Waals surface area contributed by atoms with E-state index in [-0.39, 0.29) is 5.91 Å². The van der Waals surface area contributed by atoms with Crippen LogP contribution in [0.5, 0.6) is 0 Å². The Labute approximate surface area is 138 Å². The Balaban J connectivity index is 1.63. The van der Waals surface area contributed by atoms with Crippen LogP contribution in [-0.4, -0.2) is 26.7 Å². The van der Waals surface area contributed by atoms with Crippen LogP contribution < -0.4 is 5.32 Å². The van der Waals surface area contributed by atoms with E-state index in [4.69, 9.17) is 0 Å². The molecule has 0 atom stereocenters. The molecular formula is C18H16N4O2. The van der Waals surface area contributed by atoms with Crippen molar-refractivity contribution in [1.29, 1.82) is 0 Å². The van der Waals surface area contributed by atoms with Gasteiger partial charge in [0.05, 0.1) is 11.1 Å². The molecule has 6 heteroatoms. The number of rotatable bonds is 4. The number of carbonyl (C=O) groups is 2. The molecule has 0 unspecified atom stereocenters. The molecule has 0 aromatic carbocycles. The van der Waals surface area contributed by atoms with Gasteiger partial charge in [0.1, 0.15) is 17.0 Å².